The lowest BCUT2D eigenvalue weighted by Gasteiger charge is -2.07. The first-order chi connectivity index (χ1) is 11.2. The van der Waals surface area contributed by atoms with Crippen molar-refractivity contribution in [2.75, 3.05) is 5.32 Å². The van der Waals surface area contributed by atoms with Crippen molar-refractivity contribution in [2.24, 2.45) is 0 Å². The van der Waals surface area contributed by atoms with Gasteiger partial charge in [-0.3, -0.25) is 4.79 Å². The standard InChI is InChI=1S/C16H11ClN4O2/c17-14-7-2-11(10-20-14)15(22)21-12-3-5-13(6-4-12)23-16-18-8-1-9-19-16/h1-10H,(H,21,22). The highest BCUT2D eigenvalue weighted by Crippen LogP contribution is 2.20. The largest absolute Gasteiger partial charge is 0.424 e. The fourth-order valence-electron chi connectivity index (χ4n) is 1.76. The SMILES string of the molecule is O=C(Nc1ccc(Oc2ncccn2)cc1)c1ccc(Cl)nc1. The smallest absolute Gasteiger partial charge is 0.321 e. The van der Waals surface area contributed by atoms with Crippen LogP contribution in [0.5, 0.6) is 11.8 Å². The van der Waals surface area contributed by atoms with Crippen LogP contribution in [-0.4, -0.2) is 20.9 Å². The third-order valence-corrected chi connectivity index (χ3v) is 3.08. The molecule has 1 N–H and O–H groups in total. The maximum atomic E-state index is 12.1. The molecule has 0 aliphatic carbocycles. The summed E-state index contributed by atoms with van der Waals surface area (Å²) in [7, 11) is 0. The normalized spacial score (nSPS) is 10.1. The number of carbonyl (C=O) groups is 1. The van der Waals surface area contributed by atoms with Gasteiger partial charge in [0.15, 0.2) is 0 Å². The zero-order valence-corrected chi connectivity index (χ0v) is 12.6. The number of nitrogens with one attached hydrogen (secondary N) is 1. The van der Waals surface area contributed by atoms with Gasteiger partial charge in [0.05, 0.1) is 5.56 Å². The number of hydrogen-bond donors (Lipinski definition) is 1. The first kappa shape index (κ1) is 14.9. The lowest BCUT2D eigenvalue weighted by Crippen LogP contribution is -2.11. The molecule has 0 spiro atoms. The van der Waals surface area contributed by atoms with E-state index in [0.29, 0.717) is 22.2 Å². The topological polar surface area (TPSA) is 77.0 Å². The van der Waals surface area contributed by atoms with E-state index in [1.807, 2.05) is 0 Å². The molecule has 2 heterocycles. The summed E-state index contributed by atoms with van der Waals surface area (Å²) in [5.74, 6) is 0.302. The Morgan fingerprint density at radius 1 is 1.00 bits per heavy atom. The fraction of sp³-hybridized carbons (Fsp3) is 0. The van der Waals surface area contributed by atoms with Crippen molar-refractivity contribution in [3.8, 4) is 11.8 Å². The van der Waals surface area contributed by atoms with Crippen molar-refractivity contribution in [1.29, 1.82) is 0 Å². The number of amides is 1. The summed E-state index contributed by atoms with van der Waals surface area (Å²) in [5.41, 5.74) is 1.05. The summed E-state index contributed by atoms with van der Waals surface area (Å²) in [6.45, 7) is 0. The third kappa shape index (κ3) is 4.02. The predicted octanol–water partition coefficient (Wildman–Crippen LogP) is 3.57. The summed E-state index contributed by atoms with van der Waals surface area (Å²) in [5, 5.41) is 3.10. The number of pyridine rings is 1. The average molecular weight is 327 g/mol. The van der Waals surface area contributed by atoms with Crippen molar-refractivity contribution >= 4 is 23.2 Å². The monoisotopic (exact) mass is 326 g/mol. The zero-order chi connectivity index (χ0) is 16.1. The molecule has 0 aliphatic rings. The number of carbonyl (C=O) groups excluding carboxylic acids is 1. The van der Waals surface area contributed by atoms with Gasteiger partial charge in [-0.15, -0.1) is 0 Å². The second-order valence-electron chi connectivity index (χ2n) is 4.48. The highest BCUT2D eigenvalue weighted by atomic mass is 35.5. The summed E-state index contributed by atoms with van der Waals surface area (Å²) >= 11 is 5.69. The van der Waals surface area contributed by atoms with Crippen LogP contribution < -0.4 is 10.1 Å². The number of aromatic nitrogens is 3. The van der Waals surface area contributed by atoms with E-state index in [0.717, 1.165) is 0 Å². The first-order valence-corrected chi connectivity index (χ1v) is 7.06. The third-order valence-electron chi connectivity index (χ3n) is 2.85. The molecular formula is C16H11ClN4O2. The van der Waals surface area contributed by atoms with Crippen LogP contribution in [0.2, 0.25) is 5.15 Å². The lowest BCUT2D eigenvalue weighted by atomic mass is 10.2. The Morgan fingerprint density at radius 3 is 2.39 bits per heavy atom. The van der Waals surface area contributed by atoms with E-state index in [1.165, 1.54) is 6.20 Å². The van der Waals surface area contributed by atoms with Crippen molar-refractivity contribution < 1.29 is 9.53 Å². The van der Waals surface area contributed by atoms with Gasteiger partial charge in [0.25, 0.3) is 5.91 Å². The van der Waals surface area contributed by atoms with Gasteiger partial charge in [-0.1, -0.05) is 11.6 Å². The molecule has 0 saturated carbocycles. The number of rotatable bonds is 4. The van der Waals surface area contributed by atoms with Crippen LogP contribution in [0.15, 0.2) is 61.1 Å². The van der Waals surface area contributed by atoms with E-state index in [2.05, 4.69) is 20.3 Å². The highest BCUT2D eigenvalue weighted by molar-refractivity contribution is 6.29. The van der Waals surface area contributed by atoms with Crippen LogP contribution in [-0.2, 0) is 0 Å². The van der Waals surface area contributed by atoms with E-state index >= 15 is 0 Å². The molecule has 3 rings (SSSR count). The van der Waals surface area contributed by atoms with E-state index in [-0.39, 0.29) is 11.9 Å². The number of halogens is 1. The molecule has 1 amide bonds. The predicted molar refractivity (Wildman–Crippen MR) is 85.7 cm³/mol. The van der Waals surface area contributed by atoms with Crippen LogP contribution in [0.3, 0.4) is 0 Å². The second-order valence-corrected chi connectivity index (χ2v) is 4.87. The van der Waals surface area contributed by atoms with Gasteiger partial charge in [-0.05, 0) is 42.5 Å². The van der Waals surface area contributed by atoms with Crippen LogP contribution in [0.25, 0.3) is 0 Å². The van der Waals surface area contributed by atoms with E-state index in [1.54, 1.807) is 54.9 Å². The first-order valence-electron chi connectivity index (χ1n) is 6.68. The minimum Gasteiger partial charge on any atom is -0.424 e. The number of benzene rings is 1. The zero-order valence-electron chi connectivity index (χ0n) is 11.8. The van der Waals surface area contributed by atoms with Crippen LogP contribution in [0.1, 0.15) is 10.4 Å². The second kappa shape index (κ2) is 6.85. The molecule has 0 fully saturated rings. The van der Waals surface area contributed by atoms with Gasteiger partial charge < -0.3 is 10.1 Å². The number of anilines is 1. The molecule has 3 aromatic rings. The molecule has 7 heteroatoms. The lowest BCUT2D eigenvalue weighted by molar-refractivity contribution is 0.102. The van der Waals surface area contributed by atoms with Crippen LogP contribution >= 0.6 is 11.6 Å². The molecule has 1 aromatic carbocycles. The van der Waals surface area contributed by atoms with Crippen molar-refractivity contribution in [2.45, 2.75) is 0 Å². The Morgan fingerprint density at radius 2 is 1.74 bits per heavy atom. The molecule has 6 nitrogen and oxygen atoms in total. The average Bonchev–Trinajstić information content (AvgIpc) is 2.58. The maximum absolute atomic E-state index is 12.1. The van der Waals surface area contributed by atoms with Gasteiger partial charge in [-0.25, -0.2) is 15.0 Å². The van der Waals surface area contributed by atoms with Crippen LogP contribution in [0, 0.1) is 0 Å². The van der Waals surface area contributed by atoms with Crippen molar-refractivity contribution in [1.82, 2.24) is 15.0 Å². The summed E-state index contributed by atoms with van der Waals surface area (Å²) < 4.78 is 5.48. The van der Waals surface area contributed by atoms with Crippen molar-refractivity contribution in [3.05, 3.63) is 71.8 Å². The Hall–Kier alpha value is -2.99. The molecule has 0 saturated heterocycles. The maximum Gasteiger partial charge on any atom is 0.321 e. The Kier molecular flexibility index (Phi) is 4.44. The molecule has 0 radical (unpaired) electrons. The van der Waals surface area contributed by atoms with E-state index < -0.39 is 0 Å². The molecule has 0 unspecified atom stereocenters. The van der Waals surface area contributed by atoms with Crippen molar-refractivity contribution in [3.63, 3.8) is 0 Å². The molecule has 0 bridgehead atoms. The Balaban J connectivity index is 1.65. The number of nitrogens with zero attached hydrogens (tertiary/aromatic N) is 3. The summed E-state index contributed by atoms with van der Waals surface area (Å²) in [4.78, 5) is 23.9. The quantitative estimate of drug-likeness (QED) is 0.742. The summed E-state index contributed by atoms with van der Waals surface area (Å²) in [6.07, 6.45) is 4.61. The molecule has 114 valence electrons. The number of hydrogen-bond acceptors (Lipinski definition) is 5. The minimum absolute atomic E-state index is 0.261. The molecule has 2 aromatic heterocycles. The van der Waals surface area contributed by atoms with E-state index in [4.69, 9.17) is 16.3 Å². The number of ether oxygens (including phenoxy) is 1. The molecule has 0 atom stereocenters. The van der Waals surface area contributed by atoms with Gasteiger partial charge in [0.2, 0.25) is 0 Å². The Bertz CT molecular complexity index is 793. The Labute approximate surface area is 137 Å². The van der Waals surface area contributed by atoms with E-state index in [9.17, 15) is 4.79 Å². The highest BCUT2D eigenvalue weighted by Gasteiger charge is 2.07. The van der Waals surface area contributed by atoms with Crippen LogP contribution in [0.4, 0.5) is 5.69 Å². The fourth-order valence-corrected chi connectivity index (χ4v) is 1.88. The summed E-state index contributed by atoms with van der Waals surface area (Å²) in [6, 6.07) is 12.0. The minimum atomic E-state index is -0.269. The van der Waals surface area contributed by atoms with Gasteiger partial charge in [0, 0.05) is 24.3 Å². The molecule has 0 aliphatic heterocycles. The van der Waals surface area contributed by atoms with Gasteiger partial charge in [-0.2, -0.15) is 0 Å². The molecular weight excluding hydrogens is 316 g/mol. The molecule has 23 heavy (non-hydrogen) atoms. The van der Waals surface area contributed by atoms with Gasteiger partial charge in [0.1, 0.15) is 10.9 Å². The van der Waals surface area contributed by atoms with Gasteiger partial charge >= 0.3 is 6.01 Å².